The lowest BCUT2D eigenvalue weighted by Gasteiger charge is -2.39. The number of hydrogen-bond donors (Lipinski definition) is 1. The standard InChI is InChI=1S/C25H20FN3O3S/c1-29-22(14-7-9-15(26)10-8-14)21(17-5-3-4-6-18(17)24(29)31)23(30)28-25-27-19-12-11-16(32-2)13-20(19)33-25/h3-13,21-22H,1-2H3,(H,27,28,30)/t21-,22+/m0/s1. The first kappa shape index (κ1) is 21.1. The van der Waals surface area contributed by atoms with Crippen molar-refractivity contribution in [1.82, 2.24) is 9.88 Å². The van der Waals surface area contributed by atoms with Crippen LogP contribution in [-0.4, -0.2) is 35.9 Å². The number of methoxy groups -OCH3 is 1. The number of carbonyl (C=O) groups is 2. The smallest absolute Gasteiger partial charge is 0.254 e. The number of aromatic nitrogens is 1. The van der Waals surface area contributed by atoms with E-state index in [4.69, 9.17) is 4.74 Å². The van der Waals surface area contributed by atoms with Crippen LogP contribution in [0.5, 0.6) is 5.75 Å². The summed E-state index contributed by atoms with van der Waals surface area (Å²) >= 11 is 1.35. The molecule has 2 amide bonds. The van der Waals surface area contributed by atoms with Crippen LogP contribution >= 0.6 is 11.3 Å². The van der Waals surface area contributed by atoms with Crippen LogP contribution < -0.4 is 10.1 Å². The van der Waals surface area contributed by atoms with Gasteiger partial charge in [0, 0.05) is 12.6 Å². The van der Waals surface area contributed by atoms with Crippen molar-refractivity contribution in [3.63, 3.8) is 0 Å². The molecule has 0 aliphatic carbocycles. The molecule has 33 heavy (non-hydrogen) atoms. The summed E-state index contributed by atoms with van der Waals surface area (Å²) in [5.41, 5.74) is 2.54. The van der Waals surface area contributed by atoms with E-state index in [1.165, 1.54) is 23.5 Å². The number of hydrogen-bond acceptors (Lipinski definition) is 5. The molecule has 4 aromatic rings. The molecular formula is C25H20FN3O3S. The van der Waals surface area contributed by atoms with Gasteiger partial charge in [-0.1, -0.05) is 41.7 Å². The maximum absolute atomic E-state index is 13.7. The zero-order valence-electron chi connectivity index (χ0n) is 17.9. The lowest BCUT2D eigenvalue weighted by atomic mass is 9.79. The number of carbonyl (C=O) groups excluding carboxylic acids is 2. The van der Waals surface area contributed by atoms with Crippen molar-refractivity contribution in [2.45, 2.75) is 12.0 Å². The fraction of sp³-hybridized carbons (Fsp3) is 0.160. The number of halogens is 1. The van der Waals surface area contributed by atoms with Crippen LogP contribution in [0.2, 0.25) is 0 Å². The number of rotatable bonds is 4. The van der Waals surface area contributed by atoms with E-state index in [-0.39, 0.29) is 17.6 Å². The third-order valence-electron chi connectivity index (χ3n) is 5.90. The Balaban J connectivity index is 1.56. The summed E-state index contributed by atoms with van der Waals surface area (Å²) in [7, 11) is 3.26. The minimum Gasteiger partial charge on any atom is -0.497 e. The first-order chi connectivity index (χ1) is 16.0. The van der Waals surface area contributed by atoms with Gasteiger partial charge < -0.3 is 15.0 Å². The van der Waals surface area contributed by atoms with E-state index >= 15 is 0 Å². The van der Waals surface area contributed by atoms with Crippen LogP contribution in [0.25, 0.3) is 10.2 Å². The number of anilines is 1. The van der Waals surface area contributed by atoms with Crippen LogP contribution in [0.15, 0.2) is 66.7 Å². The summed E-state index contributed by atoms with van der Waals surface area (Å²) in [5.74, 6) is -0.842. The zero-order chi connectivity index (χ0) is 23.1. The number of nitrogens with zero attached hydrogens (tertiary/aromatic N) is 2. The minimum atomic E-state index is -0.698. The summed E-state index contributed by atoms with van der Waals surface area (Å²) in [6.07, 6.45) is 0. The number of ether oxygens (including phenoxy) is 1. The quantitative estimate of drug-likeness (QED) is 0.465. The molecule has 8 heteroatoms. The Morgan fingerprint density at radius 3 is 2.64 bits per heavy atom. The van der Waals surface area contributed by atoms with Crippen LogP contribution in [-0.2, 0) is 4.79 Å². The molecule has 3 aromatic carbocycles. The lowest BCUT2D eigenvalue weighted by molar-refractivity contribution is -0.119. The molecule has 2 heterocycles. The van der Waals surface area contributed by atoms with E-state index in [1.807, 2.05) is 24.3 Å². The number of amides is 2. The van der Waals surface area contributed by atoms with Crippen LogP contribution in [0.4, 0.5) is 9.52 Å². The van der Waals surface area contributed by atoms with Gasteiger partial charge in [0.2, 0.25) is 5.91 Å². The molecule has 1 aromatic heterocycles. The molecule has 0 spiro atoms. The maximum atomic E-state index is 13.7. The van der Waals surface area contributed by atoms with Crippen LogP contribution in [0, 0.1) is 5.82 Å². The highest BCUT2D eigenvalue weighted by Crippen LogP contribution is 2.43. The van der Waals surface area contributed by atoms with E-state index in [1.54, 1.807) is 49.4 Å². The molecule has 0 fully saturated rings. The average molecular weight is 462 g/mol. The Bertz CT molecular complexity index is 1370. The SMILES string of the molecule is COc1ccc2nc(NC(=O)[C@H]3c4ccccc4C(=O)N(C)[C@@H]3c3ccc(F)cc3)sc2c1. The first-order valence-corrected chi connectivity index (χ1v) is 11.1. The molecule has 1 aliphatic heterocycles. The minimum absolute atomic E-state index is 0.184. The first-order valence-electron chi connectivity index (χ1n) is 10.3. The highest BCUT2D eigenvalue weighted by molar-refractivity contribution is 7.22. The molecule has 0 saturated carbocycles. The van der Waals surface area contributed by atoms with Crippen molar-refractivity contribution in [1.29, 1.82) is 0 Å². The number of thiazole rings is 1. The van der Waals surface area contributed by atoms with E-state index < -0.39 is 12.0 Å². The normalized spacial score (nSPS) is 17.7. The molecule has 2 atom stereocenters. The molecule has 5 rings (SSSR count). The molecule has 166 valence electrons. The van der Waals surface area contributed by atoms with Gasteiger partial charge in [-0.3, -0.25) is 9.59 Å². The van der Waals surface area contributed by atoms with Crippen molar-refractivity contribution in [3.05, 3.63) is 89.2 Å². The second-order valence-corrected chi connectivity index (χ2v) is 8.85. The van der Waals surface area contributed by atoms with Gasteiger partial charge in [-0.2, -0.15) is 0 Å². The second-order valence-electron chi connectivity index (χ2n) is 7.82. The summed E-state index contributed by atoms with van der Waals surface area (Å²) in [6, 6.07) is 17.9. The molecule has 0 unspecified atom stereocenters. The third kappa shape index (κ3) is 3.72. The van der Waals surface area contributed by atoms with Crippen molar-refractivity contribution in [2.24, 2.45) is 0 Å². The van der Waals surface area contributed by atoms with Crippen LogP contribution in [0.1, 0.15) is 33.4 Å². The van der Waals surface area contributed by atoms with Crippen LogP contribution in [0.3, 0.4) is 0 Å². The topological polar surface area (TPSA) is 71.5 Å². The molecule has 1 N–H and O–H groups in total. The summed E-state index contributed by atoms with van der Waals surface area (Å²) in [6.45, 7) is 0. The van der Waals surface area contributed by atoms with Crippen molar-refractivity contribution >= 4 is 38.5 Å². The van der Waals surface area contributed by atoms with Gasteiger partial charge in [0.25, 0.3) is 5.91 Å². The predicted molar refractivity (Wildman–Crippen MR) is 125 cm³/mol. The van der Waals surface area contributed by atoms with Crippen molar-refractivity contribution in [3.8, 4) is 5.75 Å². The largest absolute Gasteiger partial charge is 0.497 e. The highest BCUT2D eigenvalue weighted by atomic mass is 32.1. The monoisotopic (exact) mass is 461 g/mol. The molecular weight excluding hydrogens is 441 g/mol. The molecule has 1 aliphatic rings. The van der Waals surface area contributed by atoms with E-state index in [9.17, 15) is 14.0 Å². The third-order valence-corrected chi connectivity index (χ3v) is 6.83. The van der Waals surface area contributed by atoms with Crippen molar-refractivity contribution < 1.29 is 18.7 Å². The highest BCUT2D eigenvalue weighted by Gasteiger charge is 2.42. The fourth-order valence-electron chi connectivity index (χ4n) is 4.30. The Labute approximate surface area is 193 Å². The Kier molecular flexibility index (Phi) is 5.30. The van der Waals surface area contributed by atoms with Gasteiger partial charge in [-0.15, -0.1) is 0 Å². The number of nitrogens with one attached hydrogen (secondary N) is 1. The number of fused-ring (bicyclic) bond motifs is 2. The van der Waals surface area contributed by atoms with Gasteiger partial charge in [0.1, 0.15) is 11.6 Å². The van der Waals surface area contributed by atoms with Gasteiger partial charge in [-0.05, 0) is 47.5 Å². The van der Waals surface area contributed by atoms with E-state index in [2.05, 4.69) is 10.3 Å². The zero-order valence-corrected chi connectivity index (χ0v) is 18.7. The van der Waals surface area contributed by atoms with Gasteiger partial charge in [-0.25, -0.2) is 9.37 Å². The van der Waals surface area contributed by atoms with Gasteiger partial charge >= 0.3 is 0 Å². The van der Waals surface area contributed by atoms with Gasteiger partial charge in [0.15, 0.2) is 5.13 Å². The fourth-order valence-corrected chi connectivity index (χ4v) is 5.20. The summed E-state index contributed by atoms with van der Waals surface area (Å²) in [5, 5.41) is 3.40. The Morgan fingerprint density at radius 1 is 1.12 bits per heavy atom. The maximum Gasteiger partial charge on any atom is 0.254 e. The summed E-state index contributed by atoms with van der Waals surface area (Å²) < 4.78 is 19.7. The second kappa shape index (κ2) is 8.29. The predicted octanol–water partition coefficient (Wildman–Crippen LogP) is 4.99. The molecule has 0 bridgehead atoms. The van der Waals surface area contributed by atoms with Crippen molar-refractivity contribution in [2.75, 3.05) is 19.5 Å². The van der Waals surface area contributed by atoms with Gasteiger partial charge in [0.05, 0.1) is 29.3 Å². The molecule has 0 radical (unpaired) electrons. The lowest BCUT2D eigenvalue weighted by Crippen LogP contribution is -2.44. The Morgan fingerprint density at radius 2 is 1.88 bits per heavy atom. The molecule has 6 nitrogen and oxygen atoms in total. The Hall–Kier alpha value is -3.78. The van der Waals surface area contributed by atoms with E-state index in [0.717, 1.165) is 10.2 Å². The average Bonchev–Trinajstić information content (AvgIpc) is 3.23. The van der Waals surface area contributed by atoms with E-state index in [0.29, 0.717) is 27.6 Å². The molecule has 0 saturated heterocycles. The number of benzene rings is 3. The summed E-state index contributed by atoms with van der Waals surface area (Å²) in [4.78, 5) is 32.8. The number of likely N-dealkylation sites (N-methyl/N-ethyl adjacent to an activating group) is 1.